The van der Waals surface area contributed by atoms with Crippen LogP contribution >= 0.6 is 0 Å². The summed E-state index contributed by atoms with van der Waals surface area (Å²) < 4.78 is 0. The molecule has 3 nitrogen and oxygen atoms in total. The molecule has 13 heavy (non-hydrogen) atoms. The molecule has 0 bridgehead atoms. The summed E-state index contributed by atoms with van der Waals surface area (Å²) in [4.78, 5) is 6.32. The van der Waals surface area contributed by atoms with Crippen LogP contribution in [0.5, 0.6) is 0 Å². The first-order valence-electron chi connectivity index (χ1n) is 4.55. The average molecular weight is 179 g/mol. The molecular weight excluding hydrogens is 162 g/mol. The van der Waals surface area contributed by atoms with E-state index in [0.29, 0.717) is 0 Å². The van der Waals surface area contributed by atoms with Gasteiger partial charge in [0, 0.05) is 25.6 Å². The minimum atomic E-state index is 0.931. The molecule has 0 unspecified atom stereocenters. The molecule has 0 radical (unpaired) electrons. The first-order chi connectivity index (χ1) is 6.33. The van der Waals surface area contributed by atoms with Crippen LogP contribution in [0.3, 0.4) is 0 Å². The fraction of sp³-hybridized carbons (Fsp3) is 0.500. The lowest BCUT2D eigenvalue weighted by molar-refractivity contribution is 0.321. The predicted octanol–water partition coefficient (Wildman–Crippen LogP) is 0.733. The molecule has 1 N–H and O–H groups in total. The summed E-state index contributed by atoms with van der Waals surface area (Å²) in [5.74, 6) is 0. The van der Waals surface area contributed by atoms with Crippen molar-refractivity contribution in [2.75, 3.05) is 27.3 Å². The first kappa shape index (κ1) is 10.2. The third-order valence-corrected chi connectivity index (χ3v) is 1.93. The molecule has 0 amide bonds. The van der Waals surface area contributed by atoms with Gasteiger partial charge in [-0.15, -0.1) is 0 Å². The van der Waals surface area contributed by atoms with E-state index in [0.717, 1.165) is 19.6 Å². The lowest BCUT2D eigenvalue weighted by Crippen LogP contribution is -2.30. The highest BCUT2D eigenvalue weighted by Gasteiger charge is 1.96. The van der Waals surface area contributed by atoms with E-state index >= 15 is 0 Å². The zero-order valence-electron chi connectivity index (χ0n) is 8.33. The Morgan fingerprint density at radius 2 is 2.38 bits per heavy atom. The highest BCUT2D eigenvalue weighted by Crippen LogP contribution is 1.97. The highest BCUT2D eigenvalue weighted by molar-refractivity contribution is 5.08. The third-order valence-electron chi connectivity index (χ3n) is 1.93. The van der Waals surface area contributed by atoms with E-state index in [9.17, 15) is 0 Å². The van der Waals surface area contributed by atoms with E-state index in [2.05, 4.69) is 28.3 Å². The molecule has 0 aliphatic carbocycles. The minimum Gasteiger partial charge on any atom is -0.307 e. The lowest BCUT2D eigenvalue weighted by atomic mass is 10.2. The molecule has 0 spiro atoms. The van der Waals surface area contributed by atoms with Crippen LogP contribution < -0.4 is 5.32 Å². The van der Waals surface area contributed by atoms with Gasteiger partial charge in [-0.1, -0.05) is 6.07 Å². The van der Waals surface area contributed by atoms with Gasteiger partial charge in [-0.2, -0.15) is 0 Å². The Hall–Kier alpha value is -0.930. The maximum absolute atomic E-state index is 4.07. The normalized spacial score (nSPS) is 10.7. The van der Waals surface area contributed by atoms with E-state index in [1.54, 1.807) is 6.20 Å². The van der Waals surface area contributed by atoms with Crippen LogP contribution in [-0.4, -0.2) is 37.2 Å². The zero-order chi connectivity index (χ0) is 9.52. The van der Waals surface area contributed by atoms with E-state index < -0.39 is 0 Å². The van der Waals surface area contributed by atoms with Gasteiger partial charge in [0.1, 0.15) is 0 Å². The van der Waals surface area contributed by atoms with Gasteiger partial charge in [0.05, 0.1) is 0 Å². The van der Waals surface area contributed by atoms with Crippen molar-refractivity contribution in [1.29, 1.82) is 0 Å². The molecule has 0 aliphatic rings. The number of hydrogen-bond donors (Lipinski definition) is 1. The maximum Gasteiger partial charge on any atom is 0.0475 e. The molecular formula is C10H17N3. The molecule has 0 aromatic carbocycles. The summed E-state index contributed by atoms with van der Waals surface area (Å²) in [6.45, 7) is 1.99. The summed E-state index contributed by atoms with van der Waals surface area (Å²) in [6.07, 6.45) is 4.79. The van der Waals surface area contributed by atoms with E-state index in [1.165, 1.54) is 5.56 Å². The van der Waals surface area contributed by atoms with Crippen LogP contribution in [0.25, 0.3) is 0 Å². The number of likely N-dealkylation sites (N-methyl/N-ethyl adjacent to an activating group) is 1. The number of pyridine rings is 1. The molecule has 0 saturated carbocycles. The lowest BCUT2D eigenvalue weighted by Gasteiger charge is -2.15. The minimum absolute atomic E-state index is 0.931. The fourth-order valence-corrected chi connectivity index (χ4v) is 1.21. The number of aromatic nitrogens is 1. The zero-order valence-corrected chi connectivity index (χ0v) is 8.33. The van der Waals surface area contributed by atoms with Crippen molar-refractivity contribution < 1.29 is 0 Å². The van der Waals surface area contributed by atoms with Crippen LogP contribution in [0.4, 0.5) is 0 Å². The summed E-state index contributed by atoms with van der Waals surface area (Å²) in [5.41, 5.74) is 1.30. The molecule has 0 saturated heterocycles. The van der Waals surface area contributed by atoms with Crippen LogP contribution in [0, 0.1) is 0 Å². The molecule has 1 aromatic rings. The highest BCUT2D eigenvalue weighted by atomic mass is 15.2. The molecule has 72 valence electrons. The molecule has 1 aromatic heterocycles. The van der Waals surface area contributed by atoms with Gasteiger partial charge in [0.25, 0.3) is 0 Å². The van der Waals surface area contributed by atoms with Crippen LogP contribution in [0.2, 0.25) is 0 Å². The molecule has 1 rings (SSSR count). The molecule has 0 atom stereocenters. The van der Waals surface area contributed by atoms with Gasteiger partial charge < -0.3 is 5.32 Å². The van der Waals surface area contributed by atoms with E-state index in [4.69, 9.17) is 0 Å². The third kappa shape index (κ3) is 4.01. The predicted molar refractivity (Wildman–Crippen MR) is 54.5 cm³/mol. The Balaban J connectivity index is 2.27. The van der Waals surface area contributed by atoms with Crippen LogP contribution in [0.15, 0.2) is 24.5 Å². The Morgan fingerprint density at radius 1 is 1.54 bits per heavy atom. The molecule has 0 aliphatic heterocycles. The quantitative estimate of drug-likeness (QED) is 0.675. The average Bonchev–Trinajstić information content (AvgIpc) is 2.17. The van der Waals surface area contributed by atoms with Gasteiger partial charge in [0.15, 0.2) is 0 Å². The number of rotatable bonds is 5. The van der Waals surface area contributed by atoms with Gasteiger partial charge in [-0.25, -0.2) is 0 Å². The van der Waals surface area contributed by atoms with Crippen molar-refractivity contribution in [1.82, 2.24) is 15.2 Å². The number of nitrogens with one attached hydrogen (secondary N) is 1. The molecule has 3 heteroatoms. The summed E-state index contributed by atoms with van der Waals surface area (Å²) in [7, 11) is 4.06. The summed E-state index contributed by atoms with van der Waals surface area (Å²) >= 11 is 0. The van der Waals surface area contributed by atoms with Crippen molar-refractivity contribution in [2.24, 2.45) is 0 Å². The Kier molecular flexibility index (Phi) is 4.43. The van der Waals surface area contributed by atoms with Crippen LogP contribution in [-0.2, 0) is 6.42 Å². The van der Waals surface area contributed by atoms with Crippen LogP contribution in [0.1, 0.15) is 5.56 Å². The van der Waals surface area contributed by atoms with Crippen molar-refractivity contribution in [2.45, 2.75) is 6.42 Å². The summed E-state index contributed by atoms with van der Waals surface area (Å²) in [5, 5.41) is 3.11. The maximum atomic E-state index is 4.07. The standard InChI is InChI=1S/C10H17N3/c1-11-9-13(2)7-5-10-4-3-6-12-8-10/h3-4,6,8,11H,5,7,9H2,1-2H3. The second-order valence-corrected chi connectivity index (χ2v) is 3.20. The monoisotopic (exact) mass is 179 g/mol. The second kappa shape index (κ2) is 5.67. The Bertz CT molecular complexity index is 223. The van der Waals surface area contributed by atoms with Crippen molar-refractivity contribution in [3.63, 3.8) is 0 Å². The first-order valence-corrected chi connectivity index (χ1v) is 4.55. The smallest absolute Gasteiger partial charge is 0.0475 e. The summed E-state index contributed by atoms with van der Waals surface area (Å²) in [6, 6.07) is 4.09. The largest absolute Gasteiger partial charge is 0.307 e. The SMILES string of the molecule is CNCN(C)CCc1cccnc1. The fourth-order valence-electron chi connectivity index (χ4n) is 1.21. The van der Waals surface area contributed by atoms with Gasteiger partial charge >= 0.3 is 0 Å². The van der Waals surface area contributed by atoms with E-state index in [1.807, 2.05) is 19.3 Å². The Labute approximate surface area is 79.8 Å². The van der Waals surface area contributed by atoms with Crippen molar-refractivity contribution >= 4 is 0 Å². The van der Waals surface area contributed by atoms with Gasteiger partial charge in [-0.05, 0) is 32.1 Å². The second-order valence-electron chi connectivity index (χ2n) is 3.20. The van der Waals surface area contributed by atoms with E-state index in [-0.39, 0.29) is 0 Å². The topological polar surface area (TPSA) is 28.2 Å². The number of hydrogen-bond acceptors (Lipinski definition) is 3. The Morgan fingerprint density at radius 3 is 3.00 bits per heavy atom. The van der Waals surface area contributed by atoms with Gasteiger partial charge in [-0.3, -0.25) is 9.88 Å². The van der Waals surface area contributed by atoms with Crippen molar-refractivity contribution in [3.05, 3.63) is 30.1 Å². The molecule has 0 fully saturated rings. The van der Waals surface area contributed by atoms with Crippen molar-refractivity contribution in [3.8, 4) is 0 Å². The molecule has 1 heterocycles. The van der Waals surface area contributed by atoms with Gasteiger partial charge in [0.2, 0.25) is 0 Å². The number of nitrogens with zero attached hydrogens (tertiary/aromatic N) is 2.